The van der Waals surface area contributed by atoms with E-state index >= 15 is 0 Å². The maximum atomic E-state index is 12.5. The van der Waals surface area contributed by atoms with Crippen LogP contribution in [0.5, 0.6) is 0 Å². The average molecular weight is 310 g/mol. The minimum Gasteiger partial charge on any atom is -0.320 e. The maximum Gasteiger partial charge on any atom is 0.253 e. The second-order valence-corrected chi connectivity index (χ2v) is 6.35. The highest BCUT2D eigenvalue weighted by Gasteiger charge is 2.24. The smallest absolute Gasteiger partial charge is 0.253 e. The molecular formula is C18H22N4O. The van der Waals surface area contributed by atoms with Gasteiger partial charge in [-0.3, -0.25) is 4.79 Å². The van der Waals surface area contributed by atoms with E-state index in [4.69, 9.17) is 5.10 Å². The number of aryl methyl sites for hydroxylation is 2. The van der Waals surface area contributed by atoms with Gasteiger partial charge in [-0.05, 0) is 51.3 Å². The van der Waals surface area contributed by atoms with Crippen LogP contribution in [0.3, 0.4) is 0 Å². The van der Waals surface area contributed by atoms with Crippen molar-refractivity contribution >= 4 is 16.6 Å². The highest BCUT2D eigenvalue weighted by atomic mass is 16.1. The molecule has 0 saturated heterocycles. The first kappa shape index (κ1) is 14.5. The summed E-state index contributed by atoms with van der Waals surface area (Å²) < 4.78 is 1.98. The molecule has 2 aliphatic carbocycles. The van der Waals surface area contributed by atoms with Crippen molar-refractivity contribution < 1.29 is 0 Å². The van der Waals surface area contributed by atoms with Crippen LogP contribution in [0.25, 0.3) is 16.6 Å². The Bertz CT molecular complexity index is 869. The predicted octanol–water partition coefficient (Wildman–Crippen LogP) is 2.17. The van der Waals surface area contributed by atoms with Crippen LogP contribution >= 0.6 is 0 Å². The summed E-state index contributed by atoms with van der Waals surface area (Å²) in [6.45, 7) is 1.75. The Morgan fingerprint density at radius 2 is 2.09 bits per heavy atom. The number of allylic oxidation sites excluding steroid dienone is 4. The van der Waals surface area contributed by atoms with E-state index in [0.29, 0.717) is 0 Å². The predicted molar refractivity (Wildman–Crippen MR) is 92.7 cm³/mol. The Kier molecular flexibility index (Phi) is 3.65. The van der Waals surface area contributed by atoms with Crippen LogP contribution in [0.1, 0.15) is 36.1 Å². The molecule has 23 heavy (non-hydrogen) atoms. The van der Waals surface area contributed by atoms with E-state index in [9.17, 15) is 4.79 Å². The van der Waals surface area contributed by atoms with Gasteiger partial charge in [-0.15, -0.1) is 0 Å². The second kappa shape index (κ2) is 5.81. The number of pyridine rings is 1. The molecule has 0 spiro atoms. The molecule has 0 radical (unpaired) electrons. The lowest BCUT2D eigenvalue weighted by atomic mass is 9.89. The van der Waals surface area contributed by atoms with Gasteiger partial charge >= 0.3 is 0 Å². The lowest BCUT2D eigenvalue weighted by Gasteiger charge is -2.16. The van der Waals surface area contributed by atoms with E-state index in [2.05, 4.69) is 22.5 Å². The van der Waals surface area contributed by atoms with E-state index in [-0.39, 0.29) is 5.56 Å². The molecule has 5 nitrogen and oxygen atoms in total. The Morgan fingerprint density at radius 1 is 1.30 bits per heavy atom. The Hall–Kier alpha value is -2.14. The number of aromatic nitrogens is 3. The van der Waals surface area contributed by atoms with Gasteiger partial charge in [0.2, 0.25) is 0 Å². The van der Waals surface area contributed by atoms with Gasteiger partial charge in [-0.1, -0.05) is 18.2 Å². The van der Waals surface area contributed by atoms with Gasteiger partial charge in [0.1, 0.15) is 11.3 Å². The zero-order valence-corrected chi connectivity index (χ0v) is 13.5. The topological polar surface area (TPSA) is 62.7 Å². The lowest BCUT2D eigenvalue weighted by molar-refractivity contribution is 0.571. The minimum atomic E-state index is 0.0756. The van der Waals surface area contributed by atoms with E-state index < -0.39 is 0 Å². The Balaban J connectivity index is 1.91. The molecule has 0 saturated carbocycles. The highest BCUT2D eigenvalue weighted by molar-refractivity contribution is 5.96. The first-order valence-corrected chi connectivity index (χ1v) is 8.47. The highest BCUT2D eigenvalue weighted by Crippen LogP contribution is 2.33. The number of rotatable bonds is 5. The van der Waals surface area contributed by atoms with Crippen molar-refractivity contribution in [2.45, 2.75) is 38.6 Å². The van der Waals surface area contributed by atoms with Crippen molar-refractivity contribution in [3.05, 3.63) is 45.4 Å². The first-order chi connectivity index (χ1) is 11.3. The molecule has 0 bridgehead atoms. The number of fused-ring (bicyclic) bond motifs is 3. The second-order valence-electron chi connectivity index (χ2n) is 6.35. The number of aromatic amines is 1. The van der Waals surface area contributed by atoms with Crippen molar-refractivity contribution in [3.63, 3.8) is 0 Å². The van der Waals surface area contributed by atoms with Crippen molar-refractivity contribution in [1.29, 1.82) is 0 Å². The summed E-state index contributed by atoms with van der Waals surface area (Å²) in [6, 6.07) is 0. The largest absolute Gasteiger partial charge is 0.320 e. The molecule has 0 aromatic carbocycles. The summed E-state index contributed by atoms with van der Waals surface area (Å²) >= 11 is 0. The third-order valence-corrected chi connectivity index (χ3v) is 4.85. The van der Waals surface area contributed by atoms with E-state index in [0.717, 1.165) is 62.1 Å². The molecule has 120 valence electrons. The molecule has 0 atom stereocenters. The van der Waals surface area contributed by atoms with Crippen molar-refractivity contribution in [3.8, 4) is 0 Å². The van der Waals surface area contributed by atoms with Crippen LogP contribution in [0, 0.1) is 0 Å². The van der Waals surface area contributed by atoms with Crippen LogP contribution < -0.4 is 10.9 Å². The van der Waals surface area contributed by atoms with Crippen LogP contribution in [0.4, 0.5) is 0 Å². The fourth-order valence-corrected chi connectivity index (χ4v) is 3.61. The number of nitrogens with one attached hydrogen (secondary N) is 2. The SMILES string of the molecule is CNCCCn1nc(C2=CC=C2)c2c3c(c(=O)[nH]c21)CCCC3. The average Bonchev–Trinajstić information content (AvgIpc) is 2.85. The van der Waals surface area contributed by atoms with Gasteiger partial charge in [0.25, 0.3) is 5.56 Å². The molecule has 2 aliphatic rings. The third kappa shape index (κ3) is 2.36. The minimum absolute atomic E-state index is 0.0756. The molecule has 0 aliphatic heterocycles. The summed E-state index contributed by atoms with van der Waals surface area (Å²) in [5.74, 6) is 0. The van der Waals surface area contributed by atoms with Crippen LogP contribution in [0.15, 0.2) is 23.0 Å². The van der Waals surface area contributed by atoms with Crippen molar-refractivity contribution in [1.82, 2.24) is 20.1 Å². The zero-order chi connectivity index (χ0) is 15.8. The van der Waals surface area contributed by atoms with E-state index in [1.165, 1.54) is 16.5 Å². The summed E-state index contributed by atoms with van der Waals surface area (Å²) in [5.41, 5.74) is 5.37. The zero-order valence-electron chi connectivity index (χ0n) is 13.5. The van der Waals surface area contributed by atoms with Crippen LogP contribution in [-0.2, 0) is 19.4 Å². The Labute approximate surface area is 135 Å². The van der Waals surface area contributed by atoms with Crippen LogP contribution in [0.2, 0.25) is 0 Å². The Morgan fingerprint density at radius 3 is 2.78 bits per heavy atom. The summed E-state index contributed by atoms with van der Waals surface area (Å²) in [7, 11) is 1.95. The lowest BCUT2D eigenvalue weighted by Crippen LogP contribution is -2.20. The van der Waals surface area contributed by atoms with Gasteiger partial charge in [0, 0.05) is 23.1 Å². The van der Waals surface area contributed by atoms with Gasteiger partial charge in [0.05, 0.1) is 0 Å². The van der Waals surface area contributed by atoms with Gasteiger partial charge in [-0.25, -0.2) is 4.68 Å². The fraction of sp³-hybridized carbons (Fsp3) is 0.444. The molecule has 5 heteroatoms. The number of hydrogen-bond donors (Lipinski definition) is 2. The van der Waals surface area contributed by atoms with Crippen molar-refractivity contribution in [2.75, 3.05) is 13.6 Å². The molecule has 0 unspecified atom stereocenters. The van der Waals surface area contributed by atoms with Gasteiger partial charge < -0.3 is 10.3 Å². The monoisotopic (exact) mass is 310 g/mol. The maximum absolute atomic E-state index is 12.5. The van der Waals surface area contributed by atoms with E-state index in [1.807, 2.05) is 17.8 Å². The standard InChI is InChI=1S/C18H22N4O/c1-19-10-5-11-22-17-15(16(21-22)12-6-4-7-12)13-8-2-3-9-14(13)18(23)20-17/h4,6-7,19H,2-3,5,8-11H2,1H3,(H,20,23). The van der Waals surface area contributed by atoms with Crippen molar-refractivity contribution in [2.24, 2.45) is 0 Å². The van der Waals surface area contributed by atoms with Crippen LogP contribution in [-0.4, -0.2) is 28.4 Å². The van der Waals surface area contributed by atoms with Gasteiger partial charge in [0.15, 0.2) is 0 Å². The first-order valence-electron chi connectivity index (χ1n) is 8.47. The summed E-state index contributed by atoms with van der Waals surface area (Å²) in [5, 5.41) is 9.16. The molecule has 4 rings (SSSR count). The molecule has 2 N–H and O–H groups in total. The molecule has 0 amide bonds. The molecule has 2 aromatic rings. The normalized spacial score (nSPS) is 16.3. The fourth-order valence-electron chi connectivity index (χ4n) is 3.61. The molecule has 2 heterocycles. The number of hydrogen-bond acceptors (Lipinski definition) is 3. The summed E-state index contributed by atoms with van der Waals surface area (Å²) in [6.07, 6.45) is 11.4. The molecular weight excluding hydrogens is 288 g/mol. The quantitative estimate of drug-likeness (QED) is 0.832. The summed E-state index contributed by atoms with van der Waals surface area (Å²) in [4.78, 5) is 15.6. The number of nitrogens with zero attached hydrogens (tertiary/aromatic N) is 2. The van der Waals surface area contributed by atoms with Gasteiger partial charge in [-0.2, -0.15) is 5.10 Å². The third-order valence-electron chi connectivity index (χ3n) is 4.85. The van der Waals surface area contributed by atoms with E-state index in [1.54, 1.807) is 0 Å². The number of H-pyrrole nitrogens is 1. The molecule has 2 aromatic heterocycles. The molecule has 0 fully saturated rings.